The van der Waals surface area contributed by atoms with E-state index in [1.807, 2.05) is 10.00 Å². The van der Waals surface area contributed by atoms with Gasteiger partial charge in [0.2, 0.25) is 0 Å². The Hall–Kier alpha value is -1.20. The van der Waals surface area contributed by atoms with Crippen LogP contribution in [0.1, 0.15) is 18.5 Å². The van der Waals surface area contributed by atoms with E-state index in [4.69, 9.17) is 0 Å². The van der Waals surface area contributed by atoms with Crippen LogP contribution in [-0.2, 0) is 6.18 Å². The Morgan fingerprint density at radius 2 is 1.93 bits per heavy atom. The number of alkyl halides is 3. The Kier molecular flexibility index (Phi) is 2.13. The molecule has 1 aromatic heterocycles. The van der Waals surface area contributed by atoms with Gasteiger partial charge in [-0.15, -0.1) is 0 Å². The quantitative estimate of drug-likeness (QED) is 0.760. The van der Waals surface area contributed by atoms with Crippen LogP contribution in [0.3, 0.4) is 0 Å². The highest BCUT2D eigenvalue weighted by Crippen LogP contribution is 2.30. The molecule has 78 valence electrons. The number of rotatable bonds is 1. The van der Waals surface area contributed by atoms with Crippen molar-refractivity contribution in [3.05, 3.63) is 11.8 Å². The zero-order valence-corrected chi connectivity index (χ0v) is 7.43. The number of hydrogen-bond acceptors (Lipinski definition) is 2. The molecule has 0 aromatic carbocycles. The topological polar surface area (TPSA) is 31.9 Å². The first-order chi connectivity index (χ1) is 6.57. The lowest BCUT2D eigenvalue weighted by Gasteiger charge is -2.12. The van der Waals surface area contributed by atoms with E-state index in [0.29, 0.717) is 5.82 Å². The first-order valence-electron chi connectivity index (χ1n) is 4.45. The first-order valence-corrected chi connectivity index (χ1v) is 4.45. The first kappa shape index (κ1) is 9.36. The van der Waals surface area contributed by atoms with Crippen LogP contribution in [0.5, 0.6) is 0 Å². The molecule has 1 N–H and O–H groups in total. The second kappa shape index (κ2) is 3.18. The molecule has 14 heavy (non-hydrogen) atoms. The highest BCUT2D eigenvalue weighted by atomic mass is 19.4. The van der Waals surface area contributed by atoms with Gasteiger partial charge in [0.1, 0.15) is 5.69 Å². The molecule has 0 bridgehead atoms. The summed E-state index contributed by atoms with van der Waals surface area (Å²) in [5, 5.41) is 5.65. The van der Waals surface area contributed by atoms with Gasteiger partial charge in [-0.1, -0.05) is 0 Å². The molecule has 1 saturated heterocycles. The van der Waals surface area contributed by atoms with Crippen LogP contribution in [0.4, 0.5) is 19.0 Å². The van der Waals surface area contributed by atoms with Crippen molar-refractivity contribution in [3.63, 3.8) is 0 Å². The van der Waals surface area contributed by atoms with Gasteiger partial charge in [0.25, 0.3) is 0 Å². The van der Waals surface area contributed by atoms with Crippen molar-refractivity contribution in [2.24, 2.45) is 0 Å². The molecule has 1 aliphatic rings. The Morgan fingerprint density at radius 1 is 1.29 bits per heavy atom. The van der Waals surface area contributed by atoms with E-state index in [1.165, 1.54) is 0 Å². The van der Waals surface area contributed by atoms with Crippen molar-refractivity contribution in [1.29, 1.82) is 0 Å². The van der Waals surface area contributed by atoms with E-state index in [1.54, 1.807) is 0 Å². The van der Waals surface area contributed by atoms with Crippen molar-refractivity contribution < 1.29 is 13.2 Å². The summed E-state index contributed by atoms with van der Waals surface area (Å²) >= 11 is 0. The van der Waals surface area contributed by atoms with Crippen molar-refractivity contribution in [2.75, 3.05) is 18.0 Å². The Labute approximate surface area is 78.9 Å². The average molecular weight is 205 g/mol. The zero-order valence-electron chi connectivity index (χ0n) is 7.43. The second-order valence-corrected chi connectivity index (χ2v) is 3.33. The minimum atomic E-state index is -4.33. The summed E-state index contributed by atoms with van der Waals surface area (Å²) in [7, 11) is 0. The van der Waals surface area contributed by atoms with Crippen LogP contribution < -0.4 is 4.90 Å². The summed E-state index contributed by atoms with van der Waals surface area (Å²) in [5.74, 6) is 0.398. The number of halogens is 3. The predicted molar refractivity (Wildman–Crippen MR) is 45.0 cm³/mol. The molecule has 1 aliphatic heterocycles. The van der Waals surface area contributed by atoms with Gasteiger partial charge in [-0.3, -0.25) is 5.10 Å². The smallest absolute Gasteiger partial charge is 0.355 e. The number of H-pyrrole nitrogens is 1. The van der Waals surface area contributed by atoms with E-state index in [0.717, 1.165) is 32.0 Å². The fourth-order valence-electron chi connectivity index (χ4n) is 1.56. The standard InChI is InChI=1S/C8H10F3N3/c9-8(10,11)6-5-7(13-12-6)14-3-1-2-4-14/h5H,1-4H2,(H,12,13). The van der Waals surface area contributed by atoms with Gasteiger partial charge in [-0.25, -0.2) is 0 Å². The van der Waals surface area contributed by atoms with Crippen molar-refractivity contribution in [2.45, 2.75) is 19.0 Å². The predicted octanol–water partition coefficient (Wildman–Crippen LogP) is 2.03. The molecule has 0 atom stereocenters. The monoisotopic (exact) mass is 205 g/mol. The fourth-order valence-corrected chi connectivity index (χ4v) is 1.56. The lowest BCUT2D eigenvalue weighted by atomic mass is 10.4. The summed E-state index contributed by atoms with van der Waals surface area (Å²) < 4.78 is 36.6. The molecule has 1 aromatic rings. The summed E-state index contributed by atoms with van der Waals surface area (Å²) in [6.45, 7) is 1.59. The molecular formula is C8H10F3N3. The number of nitrogens with one attached hydrogen (secondary N) is 1. The molecule has 3 nitrogen and oxygen atoms in total. The SMILES string of the molecule is FC(F)(F)c1cc(N2CCCC2)n[nH]1. The van der Waals surface area contributed by atoms with Gasteiger partial charge in [-0.2, -0.15) is 18.3 Å². The van der Waals surface area contributed by atoms with Crippen LogP contribution in [0, 0.1) is 0 Å². The molecule has 0 amide bonds. The normalized spacial score (nSPS) is 17.8. The third-order valence-corrected chi connectivity index (χ3v) is 2.30. The molecule has 0 aliphatic carbocycles. The lowest BCUT2D eigenvalue weighted by molar-refractivity contribution is -0.141. The van der Waals surface area contributed by atoms with Crippen LogP contribution in [0.25, 0.3) is 0 Å². The maximum atomic E-state index is 12.2. The Bertz CT molecular complexity index is 312. The molecule has 1 fully saturated rings. The molecule has 0 unspecified atom stereocenters. The number of aromatic amines is 1. The zero-order chi connectivity index (χ0) is 10.2. The van der Waals surface area contributed by atoms with Gasteiger partial charge in [-0.05, 0) is 12.8 Å². The number of anilines is 1. The number of hydrogen-bond donors (Lipinski definition) is 1. The summed E-state index contributed by atoms with van der Waals surface area (Å²) in [5.41, 5.74) is -0.778. The third-order valence-electron chi connectivity index (χ3n) is 2.30. The van der Waals surface area contributed by atoms with E-state index < -0.39 is 11.9 Å². The van der Waals surface area contributed by atoms with Crippen molar-refractivity contribution in [1.82, 2.24) is 10.2 Å². The Balaban J connectivity index is 2.17. The van der Waals surface area contributed by atoms with Gasteiger partial charge < -0.3 is 4.90 Å². The van der Waals surface area contributed by atoms with Crippen LogP contribution in [0.2, 0.25) is 0 Å². The minimum Gasteiger partial charge on any atom is -0.355 e. The minimum absolute atomic E-state index is 0.398. The van der Waals surface area contributed by atoms with Crippen molar-refractivity contribution >= 4 is 5.82 Å². The van der Waals surface area contributed by atoms with E-state index in [-0.39, 0.29) is 0 Å². The highest BCUT2D eigenvalue weighted by Gasteiger charge is 2.33. The fraction of sp³-hybridized carbons (Fsp3) is 0.625. The maximum absolute atomic E-state index is 12.2. The highest BCUT2D eigenvalue weighted by molar-refractivity contribution is 5.40. The van der Waals surface area contributed by atoms with E-state index >= 15 is 0 Å². The molecule has 0 radical (unpaired) electrons. The van der Waals surface area contributed by atoms with E-state index in [2.05, 4.69) is 5.10 Å². The van der Waals surface area contributed by atoms with Gasteiger partial charge in [0, 0.05) is 19.2 Å². The molecule has 0 spiro atoms. The maximum Gasteiger partial charge on any atom is 0.432 e. The molecule has 2 heterocycles. The van der Waals surface area contributed by atoms with Crippen LogP contribution in [-0.4, -0.2) is 23.3 Å². The molecule has 6 heteroatoms. The summed E-state index contributed by atoms with van der Waals surface area (Å²) in [6, 6.07) is 1.06. The van der Waals surface area contributed by atoms with Gasteiger partial charge >= 0.3 is 6.18 Å². The van der Waals surface area contributed by atoms with Crippen LogP contribution >= 0.6 is 0 Å². The molecule has 0 saturated carbocycles. The number of aromatic nitrogens is 2. The van der Waals surface area contributed by atoms with Crippen LogP contribution in [0.15, 0.2) is 6.07 Å². The van der Waals surface area contributed by atoms with E-state index in [9.17, 15) is 13.2 Å². The Morgan fingerprint density at radius 3 is 2.43 bits per heavy atom. The molecule has 2 rings (SSSR count). The van der Waals surface area contributed by atoms with Gasteiger partial charge in [0.05, 0.1) is 0 Å². The second-order valence-electron chi connectivity index (χ2n) is 3.33. The largest absolute Gasteiger partial charge is 0.432 e. The average Bonchev–Trinajstić information content (AvgIpc) is 2.73. The number of nitrogens with zero attached hydrogens (tertiary/aromatic N) is 2. The lowest BCUT2D eigenvalue weighted by Crippen LogP contribution is -2.17. The summed E-state index contributed by atoms with van der Waals surface area (Å²) in [4.78, 5) is 1.85. The molecular weight excluding hydrogens is 195 g/mol. The van der Waals surface area contributed by atoms with Crippen molar-refractivity contribution in [3.8, 4) is 0 Å². The third kappa shape index (κ3) is 1.69. The summed E-state index contributed by atoms with van der Waals surface area (Å²) in [6.07, 6.45) is -2.28. The van der Waals surface area contributed by atoms with Gasteiger partial charge in [0.15, 0.2) is 5.82 Å².